The maximum Gasteiger partial charge on any atom is 0.305 e. The fourth-order valence-electron chi connectivity index (χ4n) is 6.07. The number of esters is 1. The van der Waals surface area contributed by atoms with Crippen LogP contribution in [0.4, 0.5) is 0 Å². The average molecular weight is 695 g/mol. The third-order valence-corrected chi connectivity index (χ3v) is 10.6. The van der Waals surface area contributed by atoms with Crippen molar-refractivity contribution in [2.45, 2.75) is 63.7 Å². The molecular weight excluding hydrogens is 648 g/mol. The number of benzene rings is 1. The Labute approximate surface area is 282 Å². The number of hydrogen-bond donors (Lipinski definition) is 1. The number of halogens is 1. The number of nitrogens with zero attached hydrogens (tertiary/aromatic N) is 5. The number of carbonyl (C=O) groups is 1. The molecule has 2 saturated heterocycles. The summed E-state index contributed by atoms with van der Waals surface area (Å²) in [5.74, 6) is 0.719. The Hall–Kier alpha value is -3.04. The van der Waals surface area contributed by atoms with Gasteiger partial charge in [0.15, 0.2) is 5.52 Å². The molecule has 0 radical (unpaired) electrons. The fourth-order valence-corrected chi connectivity index (χ4v) is 7.56. The van der Waals surface area contributed by atoms with Crippen molar-refractivity contribution in [1.82, 2.24) is 29.0 Å². The smallest absolute Gasteiger partial charge is 0.305 e. The molecule has 0 amide bonds. The van der Waals surface area contributed by atoms with Crippen molar-refractivity contribution in [2.24, 2.45) is 13.0 Å². The van der Waals surface area contributed by atoms with Gasteiger partial charge in [0.1, 0.15) is 23.7 Å². The van der Waals surface area contributed by atoms with Crippen LogP contribution < -0.4 is 10.3 Å². The lowest BCUT2D eigenvalue weighted by Gasteiger charge is -2.31. The molecule has 0 bridgehead atoms. The molecule has 0 atom stereocenters. The van der Waals surface area contributed by atoms with Gasteiger partial charge in [0.05, 0.1) is 36.0 Å². The SMILES string of the molecule is CCCOc1ccc(S(=O)(=O)N2CCC(CCC(=O)OCCN3CCOCC3)CC2)cc1-c1nc2c(CCC)nn(C)c2c(=O)[nH]1.Cl. The van der Waals surface area contributed by atoms with Gasteiger partial charge in [-0.15, -0.1) is 12.4 Å². The van der Waals surface area contributed by atoms with Gasteiger partial charge < -0.3 is 19.2 Å². The van der Waals surface area contributed by atoms with E-state index in [1.807, 2.05) is 13.8 Å². The number of aromatic nitrogens is 4. The van der Waals surface area contributed by atoms with Crippen molar-refractivity contribution in [1.29, 1.82) is 0 Å². The number of nitrogens with one attached hydrogen (secondary N) is 1. The van der Waals surface area contributed by atoms with Crippen LogP contribution in [0.3, 0.4) is 0 Å². The van der Waals surface area contributed by atoms with Crippen molar-refractivity contribution in [3.8, 4) is 17.1 Å². The Bertz CT molecular complexity index is 1660. The molecule has 1 aromatic carbocycles. The Morgan fingerprint density at radius 1 is 1.09 bits per heavy atom. The summed E-state index contributed by atoms with van der Waals surface area (Å²) in [7, 11) is -2.12. The number of aromatic amines is 1. The molecule has 260 valence electrons. The molecule has 1 N–H and O–H groups in total. The zero-order chi connectivity index (χ0) is 32.7. The first-order valence-electron chi connectivity index (χ1n) is 16.4. The number of sulfonamides is 1. The second-order valence-electron chi connectivity index (χ2n) is 12.0. The Morgan fingerprint density at radius 2 is 1.83 bits per heavy atom. The lowest BCUT2D eigenvalue weighted by atomic mass is 9.93. The molecule has 47 heavy (non-hydrogen) atoms. The molecule has 5 rings (SSSR count). The van der Waals surface area contributed by atoms with Crippen LogP contribution in [0.15, 0.2) is 27.9 Å². The molecule has 2 aliphatic heterocycles. The second-order valence-corrected chi connectivity index (χ2v) is 13.9. The number of ether oxygens (including phenoxy) is 3. The highest BCUT2D eigenvalue weighted by Gasteiger charge is 2.31. The van der Waals surface area contributed by atoms with Crippen LogP contribution in [-0.2, 0) is 37.8 Å². The topological polar surface area (TPSA) is 149 Å². The zero-order valence-electron chi connectivity index (χ0n) is 27.5. The maximum atomic E-state index is 13.8. The summed E-state index contributed by atoms with van der Waals surface area (Å²) >= 11 is 0. The van der Waals surface area contributed by atoms with Gasteiger partial charge in [-0.1, -0.05) is 20.3 Å². The number of piperidine rings is 1. The number of carbonyl (C=O) groups excluding carboxylic acids is 1. The summed E-state index contributed by atoms with van der Waals surface area (Å²) < 4.78 is 47.4. The quantitative estimate of drug-likeness (QED) is 0.248. The minimum atomic E-state index is -3.84. The largest absolute Gasteiger partial charge is 0.493 e. The van der Waals surface area contributed by atoms with Gasteiger partial charge in [-0.3, -0.25) is 19.2 Å². The highest BCUT2D eigenvalue weighted by Crippen LogP contribution is 2.34. The van der Waals surface area contributed by atoms with E-state index in [2.05, 4.69) is 15.0 Å². The van der Waals surface area contributed by atoms with Crippen LogP contribution in [0.1, 0.15) is 58.1 Å². The first kappa shape index (κ1) is 36.8. The van der Waals surface area contributed by atoms with E-state index >= 15 is 0 Å². The predicted octanol–water partition coefficient (Wildman–Crippen LogP) is 3.54. The van der Waals surface area contributed by atoms with E-state index < -0.39 is 10.0 Å². The van der Waals surface area contributed by atoms with E-state index in [1.165, 1.54) is 8.99 Å². The monoisotopic (exact) mass is 694 g/mol. The van der Waals surface area contributed by atoms with E-state index in [0.29, 0.717) is 101 Å². The first-order chi connectivity index (χ1) is 22.2. The molecule has 0 aliphatic carbocycles. The molecule has 2 aliphatic rings. The molecule has 0 saturated carbocycles. The van der Waals surface area contributed by atoms with E-state index in [9.17, 15) is 18.0 Å². The summed E-state index contributed by atoms with van der Waals surface area (Å²) in [4.78, 5) is 35.4. The highest BCUT2D eigenvalue weighted by atomic mass is 35.5. The van der Waals surface area contributed by atoms with Crippen LogP contribution >= 0.6 is 12.4 Å². The lowest BCUT2D eigenvalue weighted by molar-refractivity contribution is -0.144. The number of rotatable bonds is 14. The van der Waals surface area contributed by atoms with Gasteiger partial charge in [0.2, 0.25) is 10.0 Å². The van der Waals surface area contributed by atoms with E-state index in [1.54, 1.807) is 25.2 Å². The normalized spacial score (nSPS) is 16.7. The Kier molecular flexibility index (Phi) is 13.2. The number of aryl methyl sites for hydroxylation is 2. The summed E-state index contributed by atoms with van der Waals surface area (Å²) in [6, 6.07) is 4.72. The van der Waals surface area contributed by atoms with Crippen molar-refractivity contribution in [2.75, 3.05) is 59.2 Å². The highest BCUT2D eigenvalue weighted by molar-refractivity contribution is 7.89. The molecule has 0 spiro atoms. The predicted molar refractivity (Wildman–Crippen MR) is 181 cm³/mol. The molecule has 2 fully saturated rings. The van der Waals surface area contributed by atoms with Gasteiger partial charge in [-0.25, -0.2) is 13.4 Å². The van der Waals surface area contributed by atoms with Gasteiger partial charge >= 0.3 is 5.97 Å². The lowest BCUT2D eigenvalue weighted by Crippen LogP contribution is -2.39. The molecule has 0 unspecified atom stereocenters. The van der Waals surface area contributed by atoms with Crippen molar-refractivity contribution in [3.63, 3.8) is 0 Å². The van der Waals surface area contributed by atoms with E-state index in [-0.39, 0.29) is 40.6 Å². The molecule has 13 nitrogen and oxygen atoms in total. The van der Waals surface area contributed by atoms with Crippen molar-refractivity contribution < 1.29 is 27.4 Å². The van der Waals surface area contributed by atoms with Crippen LogP contribution in [0.5, 0.6) is 5.75 Å². The first-order valence-corrected chi connectivity index (χ1v) is 17.8. The minimum Gasteiger partial charge on any atom is -0.493 e. The molecule has 4 heterocycles. The molecule has 3 aromatic rings. The Morgan fingerprint density at radius 3 is 2.53 bits per heavy atom. The summed E-state index contributed by atoms with van der Waals surface area (Å²) in [6.07, 6.45) is 4.59. The number of hydrogen-bond acceptors (Lipinski definition) is 10. The number of morpholine rings is 1. The van der Waals surface area contributed by atoms with Gasteiger partial charge in [-0.2, -0.15) is 9.40 Å². The van der Waals surface area contributed by atoms with Crippen molar-refractivity contribution in [3.05, 3.63) is 34.2 Å². The fraction of sp³-hybridized carbons (Fsp3) is 0.625. The van der Waals surface area contributed by atoms with E-state index in [4.69, 9.17) is 19.2 Å². The van der Waals surface area contributed by atoms with Crippen LogP contribution in [0, 0.1) is 5.92 Å². The standard InChI is InChI=1S/C32H46N6O7S.ClH/c1-4-6-26-29-30(36(3)35-26)32(40)34-31(33-29)25-22-24(8-9-27(25)44-18-5-2)46(41,42)38-13-11-23(12-14-38)7-10-28(39)45-21-17-37-15-19-43-20-16-37;/h8-9,22-23H,4-7,10-21H2,1-3H3,(H,33,34,40);1H. The van der Waals surface area contributed by atoms with Gasteiger partial charge in [0.25, 0.3) is 5.56 Å². The van der Waals surface area contributed by atoms with Gasteiger partial charge in [0, 0.05) is 46.2 Å². The summed E-state index contributed by atoms with van der Waals surface area (Å²) in [5, 5.41) is 4.49. The third-order valence-electron chi connectivity index (χ3n) is 8.66. The third kappa shape index (κ3) is 8.91. The van der Waals surface area contributed by atoms with E-state index in [0.717, 1.165) is 31.6 Å². The second kappa shape index (κ2) is 16.9. The molecule has 2 aromatic heterocycles. The minimum absolute atomic E-state index is 0. The molecule has 15 heteroatoms. The number of H-pyrrole nitrogens is 1. The van der Waals surface area contributed by atoms with Crippen molar-refractivity contribution >= 4 is 39.4 Å². The van der Waals surface area contributed by atoms with Gasteiger partial charge in [-0.05, 0) is 56.2 Å². The van der Waals surface area contributed by atoms with Crippen LogP contribution in [0.2, 0.25) is 0 Å². The number of fused-ring (bicyclic) bond motifs is 1. The van der Waals surface area contributed by atoms with Crippen LogP contribution in [0.25, 0.3) is 22.4 Å². The Balaban J connectivity index is 0.00000500. The summed E-state index contributed by atoms with van der Waals surface area (Å²) in [6.45, 7) is 9.38. The van der Waals surface area contributed by atoms with Crippen LogP contribution in [-0.4, -0.2) is 102 Å². The zero-order valence-corrected chi connectivity index (χ0v) is 29.2. The summed E-state index contributed by atoms with van der Waals surface area (Å²) in [5.41, 5.74) is 1.64. The molecular formula is C32H47ClN6O7S. The maximum absolute atomic E-state index is 13.8. The average Bonchev–Trinajstić information content (AvgIpc) is 3.38.